The van der Waals surface area contributed by atoms with E-state index in [0.717, 1.165) is 36.2 Å². The molecule has 0 spiro atoms. The topological polar surface area (TPSA) is 88.7 Å². The Labute approximate surface area is 147 Å². The number of pyridine rings is 1. The van der Waals surface area contributed by atoms with Gasteiger partial charge in [-0.1, -0.05) is 6.07 Å². The number of aromatic hydroxyl groups is 1. The first kappa shape index (κ1) is 17.2. The van der Waals surface area contributed by atoms with E-state index in [0.29, 0.717) is 19.0 Å². The van der Waals surface area contributed by atoms with Crippen LogP contribution < -0.4 is 10.5 Å². The third kappa shape index (κ3) is 4.09. The van der Waals surface area contributed by atoms with Crippen LogP contribution in [0.5, 0.6) is 11.6 Å². The van der Waals surface area contributed by atoms with Gasteiger partial charge in [-0.05, 0) is 43.7 Å². The molecule has 3 rings (SSSR count). The highest BCUT2D eigenvalue weighted by molar-refractivity contribution is 5.77. The molecule has 1 aliphatic heterocycles. The van der Waals surface area contributed by atoms with Crippen molar-refractivity contribution in [2.75, 3.05) is 20.2 Å². The maximum Gasteiger partial charge on any atom is 0.221 e. The summed E-state index contributed by atoms with van der Waals surface area (Å²) in [4.78, 5) is 18.0. The molecule has 0 aliphatic carbocycles. The molecular formula is C19H23N3O3. The van der Waals surface area contributed by atoms with Crippen LogP contribution in [0.3, 0.4) is 0 Å². The number of hydrogen-bond donors (Lipinski definition) is 2. The van der Waals surface area contributed by atoms with Gasteiger partial charge in [0.25, 0.3) is 0 Å². The number of ether oxygens (including phenoxy) is 1. The number of likely N-dealkylation sites (tertiary alicyclic amines) is 1. The number of carbonyl (C=O) groups is 1. The van der Waals surface area contributed by atoms with Gasteiger partial charge in [0.05, 0.1) is 18.7 Å². The van der Waals surface area contributed by atoms with E-state index in [2.05, 4.69) is 9.88 Å². The summed E-state index contributed by atoms with van der Waals surface area (Å²) in [5.74, 6) is 0.433. The van der Waals surface area contributed by atoms with Crippen molar-refractivity contribution in [3.8, 4) is 22.9 Å². The first-order valence-electron chi connectivity index (χ1n) is 8.42. The normalized spacial score (nSPS) is 18.0. The third-order valence-corrected chi connectivity index (χ3v) is 4.61. The minimum Gasteiger partial charge on any atom is -0.508 e. The number of hydrogen-bond acceptors (Lipinski definition) is 5. The Bertz CT molecular complexity index is 763. The van der Waals surface area contributed by atoms with Gasteiger partial charge in [-0.2, -0.15) is 0 Å². The lowest BCUT2D eigenvalue weighted by Gasteiger charge is -2.31. The molecule has 6 heteroatoms. The summed E-state index contributed by atoms with van der Waals surface area (Å²) in [6.07, 6.45) is 1.77. The molecule has 1 amide bonds. The van der Waals surface area contributed by atoms with Crippen LogP contribution in [-0.2, 0) is 11.3 Å². The van der Waals surface area contributed by atoms with Crippen molar-refractivity contribution in [1.29, 1.82) is 0 Å². The van der Waals surface area contributed by atoms with Gasteiger partial charge < -0.3 is 15.6 Å². The molecule has 6 nitrogen and oxygen atoms in total. The van der Waals surface area contributed by atoms with Crippen LogP contribution in [0.25, 0.3) is 11.3 Å². The number of amides is 1. The van der Waals surface area contributed by atoms with Gasteiger partial charge in [-0.25, -0.2) is 4.98 Å². The minimum absolute atomic E-state index is 0.112. The van der Waals surface area contributed by atoms with Gasteiger partial charge in [0, 0.05) is 30.3 Å². The number of benzene rings is 1. The average Bonchev–Trinajstić information content (AvgIpc) is 2.64. The van der Waals surface area contributed by atoms with Crippen LogP contribution in [0.15, 0.2) is 36.4 Å². The van der Waals surface area contributed by atoms with Crippen LogP contribution in [0.2, 0.25) is 0 Å². The first-order chi connectivity index (χ1) is 12.1. The highest BCUT2D eigenvalue weighted by Gasteiger charge is 2.24. The first-order valence-corrected chi connectivity index (χ1v) is 8.42. The Kier molecular flexibility index (Phi) is 5.19. The molecule has 132 valence electrons. The Morgan fingerprint density at radius 1 is 1.40 bits per heavy atom. The van der Waals surface area contributed by atoms with Gasteiger partial charge >= 0.3 is 0 Å². The highest BCUT2D eigenvalue weighted by Crippen LogP contribution is 2.28. The number of nitrogens with zero attached hydrogens (tertiary/aromatic N) is 2. The van der Waals surface area contributed by atoms with Crippen LogP contribution in [0.4, 0.5) is 0 Å². The van der Waals surface area contributed by atoms with Crippen molar-refractivity contribution in [3.63, 3.8) is 0 Å². The van der Waals surface area contributed by atoms with E-state index in [-0.39, 0.29) is 17.6 Å². The van der Waals surface area contributed by atoms with Crippen LogP contribution in [0, 0.1) is 5.92 Å². The zero-order chi connectivity index (χ0) is 17.8. The fraction of sp³-hybridized carbons (Fsp3) is 0.368. The molecule has 1 unspecified atom stereocenters. The number of methoxy groups -OCH3 is 1. The number of rotatable bonds is 5. The Balaban J connectivity index is 1.81. The molecule has 0 radical (unpaired) electrons. The average molecular weight is 341 g/mol. The predicted octanol–water partition coefficient (Wildman–Crippen LogP) is 2.16. The van der Waals surface area contributed by atoms with Gasteiger partial charge in [0.2, 0.25) is 11.8 Å². The lowest BCUT2D eigenvalue weighted by molar-refractivity contribution is -0.123. The maximum absolute atomic E-state index is 11.4. The Morgan fingerprint density at radius 2 is 2.24 bits per heavy atom. The summed E-state index contributed by atoms with van der Waals surface area (Å²) in [6.45, 7) is 2.11. The van der Waals surface area contributed by atoms with E-state index < -0.39 is 0 Å². The zero-order valence-electron chi connectivity index (χ0n) is 14.3. The smallest absolute Gasteiger partial charge is 0.221 e. The second-order valence-electron chi connectivity index (χ2n) is 6.39. The Morgan fingerprint density at radius 3 is 3.00 bits per heavy atom. The summed E-state index contributed by atoms with van der Waals surface area (Å²) in [5, 5.41) is 10.2. The number of piperidine rings is 1. The lowest BCUT2D eigenvalue weighted by atomic mass is 9.96. The Hall–Kier alpha value is -2.60. The van der Waals surface area contributed by atoms with Crippen molar-refractivity contribution in [2.45, 2.75) is 19.4 Å². The summed E-state index contributed by atoms with van der Waals surface area (Å²) in [5.41, 5.74) is 7.96. The maximum atomic E-state index is 11.4. The molecule has 2 aromatic rings. The summed E-state index contributed by atoms with van der Waals surface area (Å²) in [7, 11) is 1.58. The SMILES string of the molecule is COc1cccc(-c2ccc(O)c(CN3CCCC(C(N)=O)C3)c2)n1. The monoisotopic (exact) mass is 341 g/mol. The predicted molar refractivity (Wildman–Crippen MR) is 95.1 cm³/mol. The molecule has 3 N–H and O–H groups in total. The second kappa shape index (κ2) is 7.53. The number of carbonyl (C=O) groups excluding carboxylic acids is 1. The van der Waals surface area contributed by atoms with Crippen LogP contribution >= 0.6 is 0 Å². The number of phenols is 1. The van der Waals surface area contributed by atoms with Gasteiger partial charge in [0.15, 0.2) is 0 Å². The van der Waals surface area contributed by atoms with E-state index in [1.165, 1.54) is 0 Å². The van der Waals surface area contributed by atoms with Crippen molar-refractivity contribution in [1.82, 2.24) is 9.88 Å². The quantitative estimate of drug-likeness (QED) is 0.870. The number of nitrogens with two attached hydrogens (primary N) is 1. The number of phenolic OH excluding ortho intramolecular Hbond substituents is 1. The van der Waals surface area contributed by atoms with E-state index in [4.69, 9.17) is 10.5 Å². The third-order valence-electron chi connectivity index (χ3n) is 4.61. The molecule has 1 aromatic carbocycles. The van der Waals surface area contributed by atoms with Crippen LogP contribution in [0.1, 0.15) is 18.4 Å². The summed E-state index contributed by atoms with van der Waals surface area (Å²) in [6, 6.07) is 11.0. The largest absolute Gasteiger partial charge is 0.508 e. The summed E-state index contributed by atoms with van der Waals surface area (Å²) < 4.78 is 5.17. The number of aromatic nitrogens is 1. The fourth-order valence-electron chi connectivity index (χ4n) is 3.23. The standard InChI is InChI=1S/C19H23N3O3/c1-25-18-6-2-5-16(21-18)13-7-8-17(23)15(10-13)12-22-9-3-4-14(11-22)19(20)24/h2,5-8,10,14,23H,3-4,9,11-12H2,1H3,(H2,20,24). The molecule has 1 fully saturated rings. The second-order valence-corrected chi connectivity index (χ2v) is 6.39. The number of primary amides is 1. The molecule has 2 heterocycles. The van der Waals surface area contributed by atoms with E-state index in [1.807, 2.05) is 24.3 Å². The van der Waals surface area contributed by atoms with E-state index >= 15 is 0 Å². The molecule has 1 aliphatic rings. The van der Waals surface area contributed by atoms with Gasteiger partial charge in [-0.3, -0.25) is 9.69 Å². The molecule has 0 saturated carbocycles. The van der Waals surface area contributed by atoms with Gasteiger partial charge in [0.1, 0.15) is 5.75 Å². The minimum atomic E-state index is -0.247. The van der Waals surface area contributed by atoms with Crippen LogP contribution in [-0.4, -0.2) is 41.1 Å². The zero-order valence-corrected chi connectivity index (χ0v) is 14.3. The highest BCUT2D eigenvalue weighted by atomic mass is 16.5. The van der Waals surface area contributed by atoms with E-state index in [9.17, 15) is 9.90 Å². The molecule has 1 aromatic heterocycles. The van der Waals surface area contributed by atoms with E-state index in [1.54, 1.807) is 19.2 Å². The molecular weight excluding hydrogens is 318 g/mol. The lowest BCUT2D eigenvalue weighted by Crippen LogP contribution is -2.40. The fourth-order valence-corrected chi connectivity index (χ4v) is 3.23. The van der Waals surface area contributed by atoms with Crippen molar-refractivity contribution >= 4 is 5.91 Å². The van der Waals surface area contributed by atoms with Crippen molar-refractivity contribution in [2.24, 2.45) is 11.7 Å². The molecule has 25 heavy (non-hydrogen) atoms. The molecule has 1 saturated heterocycles. The molecule has 1 atom stereocenters. The molecule has 0 bridgehead atoms. The van der Waals surface area contributed by atoms with Gasteiger partial charge in [-0.15, -0.1) is 0 Å². The van der Waals surface area contributed by atoms with Crippen molar-refractivity contribution < 1.29 is 14.6 Å². The summed E-state index contributed by atoms with van der Waals surface area (Å²) >= 11 is 0. The van der Waals surface area contributed by atoms with Crippen molar-refractivity contribution in [3.05, 3.63) is 42.0 Å².